The molecule has 190 valence electrons. The number of nitrogens with zero attached hydrogens (tertiary/aromatic N) is 2. The minimum atomic E-state index is -4.07. The van der Waals surface area contributed by atoms with Crippen molar-refractivity contribution in [3.8, 4) is 17.1 Å². The van der Waals surface area contributed by atoms with E-state index in [1.54, 1.807) is 18.2 Å². The first-order valence-electron chi connectivity index (χ1n) is 11.9. The first kappa shape index (κ1) is 25.6. The van der Waals surface area contributed by atoms with Crippen LogP contribution in [0.2, 0.25) is 0 Å². The molecule has 0 radical (unpaired) electrons. The fourth-order valence-corrected chi connectivity index (χ4v) is 5.37. The summed E-state index contributed by atoms with van der Waals surface area (Å²) in [4.78, 5) is 22.0. The molecule has 1 aromatic heterocycles. The molecular weight excluding hydrogens is 476 g/mol. The molecule has 2 atom stereocenters. The van der Waals surface area contributed by atoms with Gasteiger partial charge in [-0.2, -0.15) is 4.98 Å². The van der Waals surface area contributed by atoms with E-state index in [1.165, 1.54) is 12.1 Å². The molecule has 2 heterocycles. The number of rotatable bonds is 2. The van der Waals surface area contributed by atoms with Gasteiger partial charge in [-0.25, -0.2) is 18.1 Å². The largest absolute Gasteiger partial charge is 0.472 e. The highest BCUT2D eigenvalue weighted by molar-refractivity contribution is 7.92. The molecular formula is C27H32N4O4S. The zero-order valence-electron chi connectivity index (χ0n) is 21.4. The van der Waals surface area contributed by atoms with Gasteiger partial charge in [-0.05, 0) is 61.9 Å². The van der Waals surface area contributed by atoms with Crippen molar-refractivity contribution in [1.82, 2.24) is 15.3 Å². The summed E-state index contributed by atoms with van der Waals surface area (Å²) in [6.45, 7) is 12.1. The van der Waals surface area contributed by atoms with Gasteiger partial charge in [0.25, 0.3) is 15.9 Å². The van der Waals surface area contributed by atoms with Crippen molar-refractivity contribution >= 4 is 21.9 Å². The minimum absolute atomic E-state index is 0.0571. The number of hydrogen-bond acceptors (Lipinski definition) is 6. The van der Waals surface area contributed by atoms with E-state index in [9.17, 15) is 13.2 Å². The zero-order chi connectivity index (χ0) is 26.3. The summed E-state index contributed by atoms with van der Waals surface area (Å²) in [6, 6.07) is 13.2. The van der Waals surface area contributed by atoms with Gasteiger partial charge in [-0.1, -0.05) is 45.0 Å². The number of anilines is 1. The number of amides is 1. The van der Waals surface area contributed by atoms with E-state index in [1.807, 2.05) is 39.0 Å². The lowest BCUT2D eigenvalue weighted by molar-refractivity contribution is 0.0838. The number of sulfonamides is 1. The van der Waals surface area contributed by atoms with Crippen molar-refractivity contribution in [3.63, 3.8) is 0 Å². The Hall–Kier alpha value is -3.46. The second kappa shape index (κ2) is 9.54. The number of carbonyl (C=O) groups is 1. The van der Waals surface area contributed by atoms with Crippen molar-refractivity contribution in [2.45, 2.75) is 65.0 Å². The van der Waals surface area contributed by atoms with Crippen molar-refractivity contribution in [3.05, 3.63) is 65.2 Å². The molecule has 0 fully saturated rings. The van der Waals surface area contributed by atoms with Gasteiger partial charge in [-0.3, -0.25) is 4.79 Å². The molecule has 1 aliphatic rings. The molecule has 2 aromatic carbocycles. The Kier molecular flexibility index (Phi) is 6.79. The lowest BCUT2D eigenvalue weighted by Crippen LogP contribution is -2.46. The molecule has 1 aliphatic heterocycles. The summed E-state index contributed by atoms with van der Waals surface area (Å²) in [5.41, 5.74) is 3.54. The van der Waals surface area contributed by atoms with Crippen LogP contribution in [-0.4, -0.2) is 36.4 Å². The fraction of sp³-hybridized carbons (Fsp3) is 0.370. The Morgan fingerprint density at radius 3 is 2.33 bits per heavy atom. The van der Waals surface area contributed by atoms with Crippen LogP contribution in [-0.2, 0) is 10.0 Å². The molecule has 2 N–H and O–H groups in total. The Labute approximate surface area is 212 Å². The van der Waals surface area contributed by atoms with Crippen molar-refractivity contribution in [2.24, 2.45) is 5.41 Å². The molecule has 0 unspecified atom stereocenters. The monoisotopic (exact) mass is 508 g/mol. The van der Waals surface area contributed by atoms with Crippen LogP contribution >= 0.6 is 0 Å². The van der Waals surface area contributed by atoms with Crippen LogP contribution in [0.3, 0.4) is 0 Å². The predicted octanol–water partition coefficient (Wildman–Crippen LogP) is 4.88. The van der Waals surface area contributed by atoms with E-state index in [0.717, 1.165) is 16.7 Å². The fourth-order valence-electron chi connectivity index (χ4n) is 4.38. The third-order valence-electron chi connectivity index (χ3n) is 6.09. The van der Waals surface area contributed by atoms with Crippen LogP contribution < -0.4 is 14.8 Å². The summed E-state index contributed by atoms with van der Waals surface area (Å²) < 4.78 is 35.1. The molecule has 0 aliphatic carbocycles. The number of fused-ring (bicyclic) bond motifs is 4. The Morgan fingerprint density at radius 2 is 1.67 bits per heavy atom. The van der Waals surface area contributed by atoms with Crippen LogP contribution in [0.5, 0.6) is 5.88 Å². The number of ether oxygens (including phenoxy) is 1. The summed E-state index contributed by atoms with van der Waals surface area (Å²) >= 11 is 0. The molecule has 1 amide bonds. The smallest absolute Gasteiger partial charge is 0.264 e. The lowest BCUT2D eigenvalue weighted by Gasteiger charge is -2.31. The van der Waals surface area contributed by atoms with Crippen LogP contribution in [0.1, 0.15) is 55.6 Å². The van der Waals surface area contributed by atoms with Gasteiger partial charge in [0, 0.05) is 17.2 Å². The van der Waals surface area contributed by atoms with Gasteiger partial charge in [0.05, 0.1) is 16.6 Å². The Bertz CT molecular complexity index is 1390. The molecule has 36 heavy (non-hydrogen) atoms. The molecule has 4 rings (SSSR count). The standard InChI is InChI=1S/C27H32N4O4S/c1-16-9-7-10-17(2)24(16)21-14-23-30-26(29-21)31-36(33,34)20-12-8-11-19(13-20)25(32)28-22(18(3)35-23)15-27(4,5)6/h7-14,18,22H,15H2,1-6H3,(H,28,32)(H,29,30,31)/t18-,22-/m0/s1. The number of hydrogen-bond donors (Lipinski definition) is 2. The summed E-state index contributed by atoms with van der Waals surface area (Å²) in [6.07, 6.45) is 0.181. The average molecular weight is 509 g/mol. The van der Waals surface area contributed by atoms with E-state index in [-0.39, 0.29) is 39.7 Å². The summed E-state index contributed by atoms with van der Waals surface area (Å²) in [5.74, 6) is -0.259. The highest BCUT2D eigenvalue weighted by atomic mass is 32.2. The van der Waals surface area contributed by atoms with E-state index in [0.29, 0.717) is 12.1 Å². The van der Waals surface area contributed by atoms with Crippen molar-refractivity contribution in [1.29, 1.82) is 0 Å². The zero-order valence-corrected chi connectivity index (χ0v) is 22.2. The maximum atomic E-state index is 13.2. The molecule has 0 spiro atoms. The topological polar surface area (TPSA) is 110 Å². The molecule has 9 heteroatoms. The van der Waals surface area contributed by atoms with Crippen LogP contribution in [0, 0.1) is 19.3 Å². The van der Waals surface area contributed by atoms with Gasteiger partial charge in [-0.15, -0.1) is 0 Å². The highest BCUT2D eigenvalue weighted by Crippen LogP contribution is 2.31. The van der Waals surface area contributed by atoms with E-state index < -0.39 is 16.1 Å². The Morgan fingerprint density at radius 1 is 1.00 bits per heavy atom. The van der Waals surface area contributed by atoms with Gasteiger partial charge < -0.3 is 10.1 Å². The number of carbonyl (C=O) groups excluding carboxylic acids is 1. The van der Waals surface area contributed by atoms with Crippen molar-refractivity contribution < 1.29 is 17.9 Å². The lowest BCUT2D eigenvalue weighted by atomic mass is 9.86. The van der Waals surface area contributed by atoms with Gasteiger partial charge in [0.2, 0.25) is 11.8 Å². The van der Waals surface area contributed by atoms with E-state index in [2.05, 4.69) is 40.8 Å². The summed E-state index contributed by atoms with van der Waals surface area (Å²) in [5, 5.41) is 3.05. The molecule has 8 nitrogen and oxygen atoms in total. The molecule has 0 saturated heterocycles. The van der Waals surface area contributed by atoms with E-state index >= 15 is 0 Å². The second-order valence-corrected chi connectivity index (χ2v) is 12.2. The van der Waals surface area contributed by atoms with Gasteiger partial charge in [0.1, 0.15) is 6.10 Å². The third kappa shape index (κ3) is 5.67. The van der Waals surface area contributed by atoms with E-state index in [4.69, 9.17) is 4.74 Å². The maximum absolute atomic E-state index is 13.2. The number of benzene rings is 2. The maximum Gasteiger partial charge on any atom is 0.264 e. The number of aromatic nitrogens is 2. The third-order valence-corrected chi connectivity index (χ3v) is 7.42. The van der Waals surface area contributed by atoms with Crippen molar-refractivity contribution in [2.75, 3.05) is 4.72 Å². The normalized spacial score (nSPS) is 19.6. The molecule has 0 saturated carbocycles. The first-order valence-corrected chi connectivity index (χ1v) is 13.4. The molecule has 4 bridgehead atoms. The second-order valence-electron chi connectivity index (χ2n) is 10.5. The SMILES string of the molecule is Cc1cccc(C)c1-c1cc2nc(n1)NS(=O)(=O)c1cccc(c1)C(=O)N[C@@H](CC(C)(C)C)[C@H](C)O2. The predicted molar refractivity (Wildman–Crippen MR) is 140 cm³/mol. The van der Waals surface area contributed by atoms with Crippen LogP contribution in [0.15, 0.2) is 53.4 Å². The van der Waals surface area contributed by atoms with Crippen LogP contribution in [0.4, 0.5) is 5.95 Å². The van der Waals surface area contributed by atoms with Gasteiger partial charge >= 0.3 is 0 Å². The number of nitrogens with one attached hydrogen (secondary N) is 2. The highest BCUT2D eigenvalue weighted by Gasteiger charge is 2.29. The van der Waals surface area contributed by atoms with Crippen LogP contribution in [0.25, 0.3) is 11.3 Å². The number of aryl methyl sites for hydroxylation is 2. The minimum Gasteiger partial charge on any atom is -0.472 e. The molecule has 3 aromatic rings. The summed E-state index contributed by atoms with van der Waals surface area (Å²) in [7, 11) is -4.07. The van der Waals surface area contributed by atoms with Gasteiger partial charge in [0.15, 0.2) is 0 Å². The Balaban J connectivity index is 1.90. The average Bonchev–Trinajstić information content (AvgIpc) is 2.77. The first-order chi connectivity index (χ1) is 16.8. The quantitative estimate of drug-likeness (QED) is 0.511.